The molecule has 0 heterocycles. The fourth-order valence-electron chi connectivity index (χ4n) is 1.44. The standard InChI is InChI=1S/C12H16BrNO4/c13-10-3-1-2-9(4-10)5-11(18)14-12(6-15,7-16)8-17/h1-4,15-17H,5-8H2,(H,14,18). The Hall–Kier alpha value is -0.950. The van der Waals surface area contributed by atoms with Gasteiger partial charge in [-0.3, -0.25) is 4.79 Å². The van der Waals surface area contributed by atoms with Gasteiger partial charge in [0.25, 0.3) is 0 Å². The van der Waals surface area contributed by atoms with Crippen LogP contribution in [0.5, 0.6) is 0 Å². The topological polar surface area (TPSA) is 89.8 Å². The minimum atomic E-state index is -1.37. The molecule has 1 aromatic carbocycles. The van der Waals surface area contributed by atoms with Crippen LogP contribution < -0.4 is 5.32 Å². The van der Waals surface area contributed by atoms with Crippen LogP contribution >= 0.6 is 15.9 Å². The lowest BCUT2D eigenvalue weighted by atomic mass is 10.0. The molecular weight excluding hydrogens is 302 g/mol. The zero-order valence-corrected chi connectivity index (χ0v) is 11.4. The minimum Gasteiger partial charge on any atom is -0.394 e. The molecule has 4 N–H and O–H groups in total. The zero-order valence-electron chi connectivity index (χ0n) is 9.77. The van der Waals surface area contributed by atoms with Crippen molar-refractivity contribution in [2.75, 3.05) is 19.8 Å². The lowest BCUT2D eigenvalue weighted by molar-refractivity contribution is -0.124. The molecule has 1 aromatic rings. The first-order valence-electron chi connectivity index (χ1n) is 5.43. The molecule has 0 saturated carbocycles. The number of hydrogen-bond donors (Lipinski definition) is 4. The van der Waals surface area contributed by atoms with Gasteiger partial charge in [0.15, 0.2) is 0 Å². The number of halogens is 1. The van der Waals surface area contributed by atoms with Gasteiger partial charge in [0, 0.05) is 4.47 Å². The molecule has 0 aliphatic rings. The molecule has 0 unspecified atom stereocenters. The fraction of sp³-hybridized carbons (Fsp3) is 0.417. The number of carbonyl (C=O) groups excluding carboxylic acids is 1. The van der Waals surface area contributed by atoms with Gasteiger partial charge in [0.1, 0.15) is 5.54 Å². The lowest BCUT2D eigenvalue weighted by Gasteiger charge is -2.28. The van der Waals surface area contributed by atoms with Crippen LogP contribution in [0.3, 0.4) is 0 Å². The maximum absolute atomic E-state index is 11.8. The summed E-state index contributed by atoms with van der Waals surface area (Å²) < 4.78 is 0.866. The monoisotopic (exact) mass is 317 g/mol. The van der Waals surface area contributed by atoms with E-state index >= 15 is 0 Å². The molecule has 0 radical (unpaired) electrons. The van der Waals surface area contributed by atoms with Crippen LogP contribution in [0.2, 0.25) is 0 Å². The van der Waals surface area contributed by atoms with Gasteiger partial charge in [-0.25, -0.2) is 0 Å². The van der Waals surface area contributed by atoms with Crippen LogP contribution in [-0.2, 0) is 11.2 Å². The molecule has 0 aliphatic carbocycles. The van der Waals surface area contributed by atoms with Crippen molar-refractivity contribution >= 4 is 21.8 Å². The van der Waals surface area contributed by atoms with Crippen molar-refractivity contribution < 1.29 is 20.1 Å². The SMILES string of the molecule is O=C(Cc1cccc(Br)c1)NC(CO)(CO)CO. The van der Waals surface area contributed by atoms with Crippen molar-refractivity contribution in [1.29, 1.82) is 0 Å². The third-order valence-corrected chi connectivity index (χ3v) is 3.06. The molecule has 6 heteroatoms. The highest BCUT2D eigenvalue weighted by atomic mass is 79.9. The molecule has 18 heavy (non-hydrogen) atoms. The first-order chi connectivity index (χ1) is 8.55. The molecule has 0 atom stereocenters. The second-order valence-electron chi connectivity index (χ2n) is 4.11. The number of amides is 1. The van der Waals surface area contributed by atoms with Crippen LogP contribution in [0, 0.1) is 0 Å². The number of rotatable bonds is 6. The second-order valence-corrected chi connectivity index (χ2v) is 5.03. The van der Waals surface area contributed by atoms with Gasteiger partial charge in [-0.05, 0) is 17.7 Å². The maximum Gasteiger partial charge on any atom is 0.225 e. The Morgan fingerprint density at radius 1 is 1.22 bits per heavy atom. The largest absolute Gasteiger partial charge is 0.394 e. The molecule has 0 bridgehead atoms. The predicted molar refractivity (Wildman–Crippen MR) is 70.0 cm³/mol. The van der Waals surface area contributed by atoms with Crippen LogP contribution in [-0.4, -0.2) is 46.6 Å². The summed E-state index contributed by atoms with van der Waals surface area (Å²) in [4.78, 5) is 11.8. The summed E-state index contributed by atoms with van der Waals surface area (Å²) in [6.45, 7) is -1.57. The van der Waals surface area contributed by atoms with E-state index in [-0.39, 0.29) is 12.3 Å². The van der Waals surface area contributed by atoms with E-state index < -0.39 is 25.4 Å². The zero-order chi connectivity index (χ0) is 13.6. The number of benzene rings is 1. The molecular formula is C12H16BrNO4. The van der Waals surface area contributed by atoms with E-state index in [1.54, 1.807) is 12.1 Å². The van der Waals surface area contributed by atoms with E-state index in [1.165, 1.54) is 0 Å². The second kappa shape index (κ2) is 6.84. The summed E-state index contributed by atoms with van der Waals surface area (Å²) in [5.74, 6) is -0.370. The molecule has 1 amide bonds. The summed E-state index contributed by atoms with van der Waals surface area (Å²) in [6, 6.07) is 7.26. The summed E-state index contributed by atoms with van der Waals surface area (Å²) in [5.41, 5.74) is -0.576. The van der Waals surface area contributed by atoms with Gasteiger partial charge in [-0.1, -0.05) is 28.1 Å². The fourth-order valence-corrected chi connectivity index (χ4v) is 1.89. The van der Waals surface area contributed by atoms with Crippen molar-refractivity contribution in [2.45, 2.75) is 12.0 Å². The first kappa shape index (κ1) is 15.1. The van der Waals surface area contributed by atoms with Crippen LogP contribution in [0.4, 0.5) is 0 Å². The summed E-state index contributed by atoms with van der Waals surface area (Å²) >= 11 is 3.30. The van der Waals surface area contributed by atoms with Gasteiger partial charge in [-0.15, -0.1) is 0 Å². The van der Waals surface area contributed by atoms with E-state index in [9.17, 15) is 4.79 Å². The minimum absolute atomic E-state index is 0.112. The Morgan fingerprint density at radius 3 is 2.33 bits per heavy atom. The average Bonchev–Trinajstić information content (AvgIpc) is 2.36. The number of hydrogen-bond acceptors (Lipinski definition) is 4. The number of aliphatic hydroxyl groups is 3. The highest BCUT2D eigenvalue weighted by Gasteiger charge is 2.29. The highest BCUT2D eigenvalue weighted by molar-refractivity contribution is 9.10. The third-order valence-electron chi connectivity index (χ3n) is 2.57. The lowest BCUT2D eigenvalue weighted by Crippen LogP contribution is -2.57. The van der Waals surface area contributed by atoms with E-state index in [0.29, 0.717) is 0 Å². The van der Waals surface area contributed by atoms with Crippen molar-refractivity contribution in [3.8, 4) is 0 Å². The Balaban J connectivity index is 2.66. The van der Waals surface area contributed by atoms with Crippen LogP contribution in [0.1, 0.15) is 5.56 Å². The summed E-state index contributed by atoms with van der Waals surface area (Å²) in [5, 5.41) is 29.7. The molecule has 5 nitrogen and oxygen atoms in total. The van der Waals surface area contributed by atoms with Crippen molar-refractivity contribution in [3.05, 3.63) is 34.3 Å². The Bertz CT molecular complexity index is 399. The summed E-state index contributed by atoms with van der Waals surface area (Å²) in [6.07, 6.45) is 0.112. The van der Waals surface area contributed by atoms with Crippen molar-refractivity contribution in [3.63, 3.8) is 0 Å². The first-order valence-corrected chi connectivity index (χ1v) is 6.22. The predicted octanol–water partition coefficient (Wildman–Crippen LogP) is -0.177. The quantitative estimate of drug-likeness (QED) is 0.586. The van der Waals surface area contributed by atoms with E-state index in [2.05, 4.69) is 21.2 Å². The van der Waals surface area contributed by atoms with Gasteiger partial charge < -0.3 is 20.6 Å². The normalized spacial score (nSPS) is 11.3. The highest BCUT2D eigenvalue weighted by Crippen LogP contribution is 2.12. The maximum atomic E-state index is 11.8. The van der Waals surface area contributed by atoms with Crippen LogP contribution in [0.25, 0.3) is 0 Å². The Kier molecular flexibility index (Phi) is 5.74. The smallest absolute Gasteiger partial charge is 0.225 e. The molecule has 0 spiro atoms. The molecule has 0 fully saturated rings. The van der Waals surface area contributed by atoms with Gasteiger partial charge in [-0.2, -0.15) is 0 Å². The summed E-state index contributed by atoms with van der Waals surface area (Å²) in [7, 11) is 0. The molecule has 0 aromatic heterocycles. The van der Waals surface area contributed by atoms with Gasteiger partial charge in [0.05, 0.1) is 26.2 Å². The molecule has 1 rings (SSSR count). The Labute approximate surface area is 114 Å². The van der Waals surface area contributed by atoms with E-state index in [4.69, 9.17) is 15.3 Å². The number of carbonyl (C=O) groups is 1. The van der Waals surface area contributed by atoms with Gasteiger partial charge in [0.2, 0.25) is 5.91 Å². The van der Waals surface area contributed by atoms with Crippen molar-refractivity contribution in [1.82, 2.24) is 5.32 Å². The van der Waals surface area contributed by atoms with Crippen molar-refractivity contribution in [2.24, 2.45) is 0 Å². The average molecular weight is 318 g/mol. The number of aliphatic hydroxyl groups excluding tert-OH is 3. The van der Waals surface area contributed by atoms with Gasteiger partial charge >= 0.3 is 0 Å². The van der Waals surface area contributed by atoms with E-state index in [0.717, 1.165) is 10.0 Å². The third kappa shape index (κ3) is 4.06. The van der Waals surface area contributed by atoms with E-state index in [1.807, 2.05) is 12.1 Å². The Morgan fingerprint density at radius 2 is 1.83 bits per heavy atom. The van der Waals surface area contributed by atoms with Crippen LogP contribution in [0.15, 0.2) is 28.7 Å². The molecule has 0 saturated heterocycles. The molecule has 0 aliphatic heterocycles. The molecule has 100 valence electrons. The number of nitrogens with one attached hydrogen (secondary N) is 1.